The van der Waals surface area contributed by atoms with E-state index in [9.17, 15) is 18.0 Å². The van der Waals surface area contributed by atoms with Crippen molar-refractivity contribution < 1.29 is 27.4 Å². The number of ether oxygens (including phenoxy) is 2. The minimum Gasteiger partial charge on any atom is -0.466 e. The van der Waals surface area contributed by atoms with Crippen LogP contribution in [0, 0.1) is 5.92 Å². The molecule has 0 amide bonds. The molecule has 20 heavy (non-hydrogen) atoms. The Balaban J connectivity index is 2.16. The van der Waals surface area contributed by atoms with E-state index >= 15 is 0 Å². The van der Waals surface area contributed by atoms with E-state index in [0.29, 0.717) is 26.1 Å². The van der Waals surface area contributed by atoms with E-state index in [4.69, 9.17) is 4.74 Å². The summed E-state index contributed by atoms with van der Waals surface area (Å²) in [6.45, 7) is 3.18. The van der Waals surface area contributed by atoms with E-state index in [1.165, 1.54) is 0 Å². The Hall–Kier alpha value is -0.820. The first-order valence-electron chi connectivity index (χ1n) is 6.96. The van der Waals surface area contributed by atoms with E-state index in [-0.39, 0.29) is 18.5 Å². The molecule has 118 valence electrons. The predicted molar refractivity (Wildman–Crippen MR) is 67.3 cm³/mol. The fraction of sp³-hybridized carbons (Fsp3) is 0.923. The van der Waals surface area contributed by atoms with Gasteiger partial charge in [0.25, 0.3) is 0 Å². The van der Waals surface area contributed by atoms with Crippen LogP contribution in [-0.4, -0.2) is 56.5 Å². The van der Waals surface area contributed by atoms with Crippen LogP contribution in [0.5, 0.6) is 0 Å². The van der Waals surface area contributed by atoms with Gasteiger partial charge in [0.2, 0.25) is 0 Å². The third-order valence-electron chi connectivity index (χ3n) is 3.15. The summed E-state index contributed by atoms with van der Waals surface area (Å²) in [5.74, 6) is -0.287. The zero-order valence-electron chi connectivity index (χ0n) is 11.7. The molecule has 0 spiro atoms. The summed E-state index contributed by atoms with van der Waals surface area (Å²) < 4.78 is 45.1. The Morgan fingerprint density at radius 3 is 2.80 bits per heavy atom. The number of hydrogen-bond acceptors (Lipinski definition) is 4. The lowest BCUT2D eigenvalue weighted by atomic mass is 9.98. The molecular weight excluding hydrogens is 275 g/mol. The molecule has 0 unspecified atom stereocenters. The van der Waals surface area contributed by atoms with E-state index in [1.54, 1.807) is 6.92 Å². The van der Waals surface area contributed by atoms with Crippen LogP contribution in [0.3, 0.4) is 0 Å². The topological polar surface area (TPSA) is 38.8 Å². The molecule has 1 saturated heterocycles. The Labute approximate surface area is 117 Å². The zero-order valence-corrected chi connectivity index (χ0v) is 11.7. The number of rotatable bonds is 7. The lowest BCUT2D eigenvalue weighted by Gasteiger charge is -2.31. The number of likely N-dealkylation sites (tertiary alicyclic amines) is 1. The second-order valence-corrected chi connectivity index (χ2v) is 4.91. The minimum atomic E-state index is -4.26. The van der Waals surface area contributed by atoms with Crippen molar-refractivity contribution in [2.45, 2.75) is 32.4 Å². The highest BCUT2D eigenvalue weighted by atomic mass is 19.4. The highest BCUT2D eigenvalue weighted by Crippen LogP contribution is 2.18. The van der Waals surface area contributed by atoms with E-state index in [2.05, 4.69) is 9.64 Å². The number of hydrogen-bond donors (Lipinski definition) is 0. The predicted octanol–water partition coefficient (Wildman–Crippen LogP) is 2.23. The van der Waals surface area contributed by atoms with Crippen molar-refractivity contribution in [1.29, 1.82) is 0 Å². The van der Waals surface area contributed by atoms with Crippen LogP contribution in [-0.2, 0) is 14.3 Å². The van der Waals surface area contributed by atoms with Crippen LogP contribution in [0.25, 0.3) is 0 Å². The number of piperidine rings is 1. The first-order valence-corrected chi connectivity index (χ1v) is 6.96. The van der Waals surface area contributed by atoms with Gasteiger partial charge < -0.3 is 14.4 Å². The summed E-state index contributed by atoms with van der Waals surface area (Å²) >= 11 is 0. The molecule has 0 aromatic rings. The summed E-state index contributed by atoms with van der Waals surface area (Å²) in [5.41, 5.74) is 0. The van der Waals surface area contributed by atoms with Crippen LogP contribution in [0.4, 0.5) is 13.2 Å². The maximum Gasteiger partial charge on any atom is 0.411 e. The summed E-state index contributed by atoms with van der Waals surface area (Å²) in [6.07, 6.45) is -2.00. The number of carbonyl (C=O) groups excluding carboxylic acids is 1. The number of nitrogens with zero attached hydrogens (tertiary/aromatic N) is 1. The van der Waals surface area contributed by atoms with Gasteiger partial charge in [0.05, 0.1) is 12.5 Å². The molecule has 0 aliphatic carbocycles. The van der Waals surface area contributed by atoms with Gasteiger partial charge in [0.1, 0.15) is 6.61 Å². The van der Waals surface area contributed by atoms with Crippen molar-refractivity contribution in [3.05, 3.63) is 0 Å². The van der Waals surface area contributed by atoms with Crippen LogP contribution < -0.4 is 0 Å². The normalized spacial score (nSPS) is 20.9. The maximum atomic E-state index is 11.9. The Bertz CT molecular complexity index is 297. The van der Waals surface area contributed by atoms with Gasteiger partial charge >= 0.3 is 12.1 Å². The summed E-state index contributed by atoms with van der Waals surface area (Å²) in [4.78, 5) is 13.7. The smallest absolute Gasteiger partial charge is 0.411 e. The average molecular weight is 297 g/mol. The van der Waals surface area contributed by atoms with E-state index < -0.39 is 12.8 Å². The quantitative estimate of drug-likeness (QED) is 0.533. The number of carbonyl (C=O) groups is 1. The van der Waals surface area contributed by atoms with Gasteiger partial charge in [0, 0.05) is 19.7 Å². The Kier molecular flexibility index (Phi) is 7.29. The molecule has 0 saturated carbocycles. The van der Waals surface area contributed by atoms with Gasteiger partial charge in [-0.1, -0.05) is 0 Å². The van der Waals surface area contributed by atoms with Crippen LogP contribution in [0.15, 0.2) is 0 Å². The molecule has 1 heterocycles. The van der Waals surface area contributed by atoms with Gasteiger partial charge in [0.15, 0.2) is 0 Å². The third-order valence-corrected chi connectivity index (χ3v) is 3.15. The molecule has 0 bridgehead atoms. The minimum absolute atomic E-state index is 0.0834. The molecule has 1 aliphatic rings. The van der Waals surface area contributed by atoms with Crippen molar-refractivity contribution in [3.63, 3.8) is 0 Å². The molecule has 1 atom stereocenters. The van der Waals surface area contributed by atoms with Gasteiger partial charge in [-0.05, 0) is 32.7 Å². The Morgan fingerprint density at radius 2 is 2.15 bits per heavy atom. The molecular formula is C13H22F3NO3. The molecule has 7 heteroatoms. The fourth-order valence-corrected chi connectivity index (χ4v) is 2.29. The highest BCUT2D eigenvalue weighted by Gasteiger charge is 2.28. The Morgan fingerprint density at radius 1 is 1.40 bits per heavy atom. The van der Waals surface area contributed by atoms with E-state index in [0.717, 1.165) is 19.4 Å². The number of alkyl halides is 3. The number of esters is 1. The first kappa shape index (κ1) is 17.2. The lowest BCUT2D eigenvalue weighted by molar-refractivity contribution is -0.174. The second-order valence-electron chi connectivity index (χ2n) is 4.91. The fourth-order valence-electron chi connectivity index (χ4n) is 2.29. The number of halogens is 3. The molecule has 1 aliphatic heterocycles. The van der Waals surface area contributed by atoms with E-state index in [1.807, 2.05) is 0 Å². The average Bonchev–Trinajstić information content (AvgIpc) is 2.37. The van der Waals surface area contributed by atoms with Crippen molar-refractivity contribution >= 4 is 5.97 Å². The highest BCUT2D eigenvalue weighted by molar-refractivity contribution is 5.72. The zero-order chi connectivity index (χ0) is 15.0. The monoisotopic (exact) mass is 297 g/mol. The van der Waals surface area contributed by atoms with Gasteiger partial charge in [-0.2, -0.15) is 13.2 Å². The maximum absolute atomic E-state index is 11.9. The standard InChI is InChI=1S/C13H22F3NO3/c1-2-20-12(18)11-5-3-6-17(9-11)7-4-8-19-10-13(14,15)16/h11H,2-10H2,1H3/t11-/m0/s1. The third kappa shape index (κ3) is 7.09. The molecule has 0 N–H and O–H groups in total. The van der Waals surface area contributed by atoms with Gasteiger partial charge in [-0.25, -0.2) is 0 Å². The van der Waals surface area contributed by atoms with Crippen LogP contribution in [0.1, 0.15) is 26.2 Å². The molecule has 1 fully saturated rings. The summed E-state index contributed by atoms with van der Waals surface area (Å²) in [6, 6.07) is 0. The van der Waals surface area contributed by atoms with Crippen molar-refractivity contribution in [2.75, 3.05) is 39.5 Å². The van der Waals surface area contributed by atoms with Crippen molar-refractivity contribution in [2.24, 2.45) is 5.92 Å². The van der Waals surface area contributed by atoms with Crippen LogP contribution in [0.2, 0.25) is 0 Å². The molecule has 0 radical (unpaired) electrons. The molecule has 0 aromatic heterocycles. The van der Waals surface area contributed by atoms with Gasteiger partial charge in [-0.3, -0.25) is 4.79 Å². The summed E-state index contributed by atoms with van der Waals surface area (Å²) in [5, 5.41) is 0. The van der Waals surface area contributed by atoms with Crippen LogP contribution >= 0.6 is 0 Å². The lowest BCUT2D eigenvalue weighted by Crippen LogP contribution is -2.40. The van der Waals surface area contributed by atoms with Crippen molar-refractivity contribution in [3.8, 4) is 0 Å². The molecule has 4 nitrogen and oxygen atoms in total. The SMILES string of the molecule is CCOC(=O)[C@H]1CCCN(CCCOCC(F)(F)F)C1. The second kappa shape index (κ2) is 8.46. The first-order chi connectivity index (χ1) is 9.42. The van der Waals surface area contributed by atoms with Crippen molar-refractivity contribution in [1.82, 2.24) is 4.90 Å². The molecule has 1 rings (SSSR count). The van der Waals surface area contributed by atoms with Gasteiger partial charge in [-0.15, -0.1) is 0 Å². The largest absolute Gasteiger partial charge is 0.466 e. The molecule has 0 aromatic carbocycles. The summed E-state index contributed by atoms with van der Waals surface area (Å²) in [7, 11) is 0.